The fraction of sp³-hybridized carbons (Fsp3) is 0.455. The maximum atomic E-state index is 5.82. The van der Waals surface area contributed by atoms with Gasteiger partial charge in [0.2, 0.25) is 0 Å². The quantitative estimate of drug-likeness (QED) is 0.667. The van der Waals surface area contributed by atoms with E-state index in [0.717, 1.165) is 13.0 Å². The van der Waals surface area contributed by atoms with Gasteiger partial charge in [-0.15, -0.1) is 0 Å². The molecule has 1 rings (SSSR count). The van der Waals surface area contributed by atoms with Crippen molar-refractivity contribution in [3.05, 3.63) is 35.9 Å². The number of ether oxygens (including phenoxy) is 1. The van der Waals surface area contributed by atoms with Crippen molar-refractivity contribution < 1.29 is 4.74 Å². The van der Waals surface area contributed by atoms with E-state index < -0.39 is 0 Å². The maximum absolute atomic E-state index is 5.82. The minimum Gasteiger partial charge on any atom is -0.385 e. The van der Waals surface area contributed by atoms with Gasteiger partial charge in [-0.3, -0.25) is 5.32 Å². The summed E-state index contributed by atoms with van der Waals surface area (Å²) >= 11 is 0. The van der Waals surface area contributed by atoms with Crippen molar-refractivity contribution in [1.82, 2.24) is 5.32 Å². The Labute approximate surface area is 85.3 Å². The number of nitrogens with one attached hydrogen (secondary N) is 1. The van der Waals surface area contributed by atoms with Gasteiger partial charge in [0.25, 0.3) is 0 Å². The Morgan fingerprint density at radius 1 is 1.36 bits per heavy atom. The van der Waals surface area contributed by atoms with Crippen molar-refractivity contribution in [2.45, 2.75) is 19.1 Å². The Balaban J connectivity index is 2.20. The lowest BCUT2D eigenvalue weighted by Gasteiger charge is -2.12. The van der Waals surface area contributed by atoms with Crippen LogP contribution in [-0.4, -0.2) is 19.9 Å². The third-order valence-electron chi connectivity index (χ3n) is 2.04. The number of rotatable bonds is 6. The Morgan fingerprint density at radius 2 is 2.07 bits per heavy atom. The monoisotopic (exact) mass is 194 g/mol. The third kappa shape index (κ3) is 4.37. The van der Waals surface area contributed by atoms with E-state index in [9.17, 15) is 0 Å². The van der Waals surface area contributed by atoms with Gasteiger partial charge in [-0.05, 0) is 12.0 Å². The van der Waals surface area contributed by atoms with Crippen LogP contribution in [-0.2, 0) is 11.3 Å². The first kappa shape index (κ1) is 11.2. The van der Waals surface area contributed by atoms with Crippen LogP contribution in [0.3, 0.4) is 0 Å². The number of hydrogen-bond donors (Lipinski definition) is 2. The minimum absolute atomic E-state index is 0.00940. The first-order chi connectivity index (χ1) is 6.83. The molecule has 0 spiro atoms. The highest BCUT2D eigenvalue weighted by Crippen LogP contribution is 1.97. The molecule has 0 saturated heterocycles. The molecule has 0 fully saturated rings. The molecule has 3 N–H and O–H groups in total. The van der Waals surface area contributed by atoms with Crippen LogP contribution >= 0.6 is 0 Å². The first-order valence-electron chi connectivity index (χ1n) is 4.84. The normalized spacial score (nSPS) is 12.7. The van der Waals surface area contributed by atoms with Gasteiger partial charge in [0.1, 0.15) is 0 Å². The van der Waals surface area contributed by atoms with Gasteiger partial charge >= 0.3 is 0 Å². The lowest BCUT2D eigenvalue weighted by molar-refractivity contribution is 0.183. The zero-order valence-electron chi connectivity index (χ0n) is 8.57. The molecule has 1 unspecified atom stereocenters. The summed E-state index contributed by atoms with van der Waals surface area (Å²) in [6.45, 7) is 1.51. The number of nitrogens with two attached hydrogens (primary N) is 1. The number of benzene rings is 1. The molecular formula is C11H18N2O. The Kier molecular flexibility index (Phi) is 5.22. The molecule has 1 aromatic carbocycles. The smallest absolute Gasteiger partial charge is 0.0571 e. The Bertz CT molecular complexity index is 238. The molecule has 78 valence electrons. The number of hydrogen-bond acceptors (Lipinski definition) is 3. The molecule has 0 aliphatic rings. The summed E-state index contributed by atoms with van der Waals surface area (Å²) in [5.41, 5.74) is 7.07. The van der Waals surface area contributed by atoms with Crippen LogP contribution in [0.25, 0.3) is 0 Å². The predicted octanol–water partition coefficient (Wildman–Crippen LogP) is 1.10. The summed E-state index contributed by atoms with van der Waals surface area (Å²) in [5, 5.41) is 3.23. The molecular weight excluding hydrogens is 176 g/mol. The van der Waals surface area contributed by atoms with Gasteiger partial charge in [-0.1, -0.05) is 30.3 Å². The van der Waals surface area contributed by atoms with Gasteiger partial charge in [-0.25, -0.2) is 0 Å². The van der Waals surface area contributed by atoms with Crippen LogP contribution < -0.4 is 11.1 Å². The lowest BCUT2D eigenvalue weighted by atomic mass is 10.2. The molecule has 3 nitrogen and oxygen atoms in total. The average Bonchev–Trinajstić information content (AvgIpc) is 2.25. The summed E-state index contributed by atoms with van der Waals surface area (Å²) in [6.07, 6.45) is 0.846. The van der Waals surface area contributed by atoms with Crippen LogP contribution in [0, 0.1) is 0 Å². The molecule has 3 heteroatoms. The fourth-order valence-electron chi connectivity index (χ4n) is 1.19. The minimum atomic E-state index is 0.00940. The molecule has 0 aliphatic carbocycles. The summed E-state index contributed by atoms with van der Waals surface area (Å²) in [7, 11) is 1.68. The summed E-state index contributed by atoms with van der Waals surface area (Å²) in [4.78, 5) is 0. The van der Waals surface area contributed by atoms with E-state index >= 15 is 0 Å². The van der Waals surface area contributed by atoms with Crippen molar-refractivity contribution in [3.63, 3.8) is 0 Å². The molecule has 1 aromatic rings. The fourth-order valence-corrected chi connectivity index (χ4v) is 1.19. The van der Waals surface area contributed by atoms with E-state index in [-0.39, 0.29) is 6.17 Å². The molecule has 14 heavy (non-hydrogen) atoms. The number of methoxy groups -OCH3 is 1. The van der Waals surface area contributed by atoms with Gasteiger partial charge < -0.3 is 10.5 Å². The van der Waals surface area contributed by atoms with Crippen molar-refractivity contribution >= 4 is 0 Å². The Morgan fingerprint density at radius 3 is 2.71 bits per heavy atom. The summed E-state index contributed by atoms with van der Waals surface area (Å²) in [6, 6.07) is 10.2. The molecule has 0 aliphatic heterocycles. The van der Waals surface area contributed by atoms with E-state index in [1.165, 1.54) is 5.56 Å². The second kappa shape index (κ2) is 6.54. The maximum Gasteiger partial charge on any atom is 0.0571 e. The highest BCUT2D eigenvalue weighted by molar-refractivity contribution is 5.14. The van der Waals surface area contributed by atoms with Gasteiger partial charge in [-0.2, -0.15) is 0 Å². The zero-order valence-corrected chi connectivity index (χ0v) is 8.57. The van der Waals surface area contributed by atoms with E-state index in [0.29, 0.717) is 6.61 Å². The SMILES string of the molecule is COCCC(N)NCc1ccccc1. The van der Waals surface area contributed by atoms with Crippen LogP contribution in [0.4, 0.5) is 0 Å². The van der Waals surface area contributed by atoms with Crippen molar-refractivity contribution in [2.75, 3.05) is 13.7 Å². The van der Waals surface area contributed by atoms with Crippen LogP contribution in [0.2, 0.25) is 0 Å². The first-order valence-corrected chi connectivity index (χ1v) is 4.84. The van der Waals surface area contributed by atoms with Gasteiger partial charge in [0.15, 0.2) is 0 Å². The van der Waals surface area contributed by atoms with E-state index in [4.69, 9.17) is 10.5 Å². The second-order valence-electron chi connectivity index (χ2n) is 3.25. The van der Waals surface area contributed by atoms with E-state index in [1.54, 1.807) is 7.11 Å². The largest absolute Gasteiger partial charge is 0.385 e. The molecule has 0 radical (unpaired) electrons. The van der Waals surface area contributed by atoms with E-state index in [1.807, 2.05) is 18.2 Å². The van der Waals surface area contributed by atoms with Crippen molar-refractivity contribution in [1.29, 1.82) is 0 Å². The highest BCUT2D eigenvalue weighted by atomic mass is 16.5. The highest BCUT2D eigenvalue weighted by Gasteiger charge is 2.00. The van der Waals surface area contributed by atoms with Crippen LogP contribution in [0.5, 0.6) is 0 Å². The van der Waals surface area contributed by atoms with Crippen LogP contribution in [0.15, 0.2) is 30.3 Å². The summed E-state index contributed by atoms with van der Waals surface area (Å²) in [5.74, 6) is 0. The predicted molar refractivity (Wildman–Crippen MR) is 57.8 cm³/mol. The third-order valence-corrected chi connectivity index (χ3v) is 2.04. The molecule has 0 aromatic heterocycles. The molecule has 1 atom stereocenters. The second-order valence-corrected chi connectivity index (χ2v) is 3.25. The molecule has 0 heterocycles. The van der Waals surface area contributed by atoms with Gasteiger partial charge in [0, 0.05) is 20.3 Å². The van der Waals surface area contributed by atoms with Crippen molar-refractivity contribution in [3.8, 4) is 0 Å². The van der Waals surface area contributed by atoms with Crippen molar-refractivity contribution in [2.24, 2.45) is 5.73 Å². The topological polar surface area (TPSA) is 47.3 Å². The van der Waals surface area contributed by atoms with Crippen LogP contribution in [0.1, 0.15) is 12.0 Å². The lowest BCUT2D eigenvalue weighted by Crippen LogP contribution is -2.37. The van der Waals surface area contributed by atoms with E-state index in [2.05, 4.69) is 17.4 Å². The van der Waals surface area contributed by atoms with Gasteiger partial charge in [0.05, 0.1) is 6.17 Å². The summed E-state index contributed by atoms with van der Waals surface area (Å²) < 4.78 is 4.94. The standard InChI is InChI=1S/C11H18N2O/c1-14-8-7-11(12)13-9-10-5-3-2-4-6-10/h2-6,11,13H,7-9,12H2,1H3. The molecule has 0 saturated carbocycles. The average molecular weight is 194 g/mol. The zero-order chi connectivity index (χ0) is 10.2. The molecule has 0 amide bonds. The Hall–Kier alpha value is -0.900. The molecule has 0 bridgehead atoms.